The van der Waals surface area contributed by atoms with E-state index in [4.69, 9.17) is 28.3 Å². The highest BCUT2D eigenvalue weighted by atomic mass is 35.5. The maximum atomic E-state index is 12.5. The highest BCUT2D eigenvalue weighted by molar-refractivity contribution is 7.20. The number of rotatable bonds is 4. The van der Waals surface area contributed by atoms with Gasteiger partial charge >= 0.3 is 5.97 Å². The van der Waals surface area contributed by atoms with Gasteiger partial charge < -0.3 is 10.0 Å². The molecule has 1 unspecified atom stereocenters. The lowest BCUT2D eigenvalue weighted by atomic mass is 9.97. The molecule has 1 aromatic heterocycles. The van der Waals surface area contributed by atoms with Crippen molar-refractivity contribution in [3.8, 4) is 0 Å². The van der Waals surface area contributed by atoms with Crippen LogP contribution in [-0.2, 0) is 4.79 Å². The summed E-state index contributed by atoms with van der Waals surface area (Å²) in [6.07, 6.45) is 3.36. The first-order chi connectivity index (χ1) is 9.49. The van der Waals surface area contributed by atoms with E-state index in [0.717, 1.165) is 19.3 Å². The molecule has 1 aromatic rings. The normalized spacial score (nSPS) is 19.1. The van der Waals surface area contributed by atoms with Crippen LogP contribution in [0.3, 0.4) is 0 Å². The van der Waals surface area contributed by atoms with Crippen LogP contribution in [-0.4, -0.2) is 34.5 Å². The van der Waals surface area contributed by atoms with E-state index in [0.29, 0.717) is 27.2 Å². The molecule has 0 aromatic carbocycles. The Bertz CT molecular complexity index is 518. The van der Waals surface area contributed by atoms with Gasteiger partial charge in [0.25, 0.3) is 5.91 Å². The third-order valence-corrected chi connectivity index (χ3v) is 4.95. The Labute approximate surface area is 131 Å². The van der Waals surface area contributed by atoms with Gasteiger partial charge in [-0.05, 0) is 31.7 Å². The van der Waals surface area contributed by atoms with Crippen LogP contribution in [0, 0.1) is 0 Å². The predicted octanol–water partition coefficient (Wildman–Crippen LogP) is 3.91. The third-order valence-electron chi connectivity index (χ3n) is 3.47. The topological polar surface area (TPSA) is 57.6 Å². The van der Waals surface area contributed by atoms with Gasteiger partial charge in [0.1, 0.15) is 4.34 Å². The molecule has 0 radical (unpaired) electrons. The van der Waals surface area contributed by atoms with Gasteiger partial charge in [-0.3, -0.25) is 9.59 Å². The van der Waals surface area contributed by atoms with E-state index in [9.17, 15) is 9.59 Å². The van der Waals surface area contributed by atoms with Crippen molar-refractivity contribution in [1.82, 2.24) is 4.90 Å². The van der Waals surface area contributed by atoms with Gasteiger partial charge in [0, 0.05) is 19.0 Å². The van der Waals surface area contributed by atoms with Crippen molar-refractivity contribution in [3.05, 3.63) is 20.3 Å². The van der Waals surface area contributed by atoms with E-state index in [1.165, 1.54) is 11.3 Å². The first-order valence-corrected chi connectivity index (χ1v) is 8.04. The summed E-state index contributed by atoms with van der Waals surface area (Å²) in [5, 5.41) is 8.79. The summed E-state index contributed by atoms with van der Waals surface area (Å²) < 4.78 is 0.875. The SMILES string of the molecule is O=C(O)CCC1CCCCN1C(=O)c1cc(Cl)sc1Cl. The van der Waals surface area contributed by atoms with Gasteiger partial charge in [-0.1, -0.05) is 23.2 Å². The average Bonchev–Trinajstić information content (AvgIpc) is 2.75. The number of carboxylic acid groups (broad SMARTS) is 1. The molecule has 1 fully saturated rings. The molecule has 7 heteroatoms. The number of halogens is 2. The number of carbonyl (C=O) groups is 2. The molecule has 0 bridgehead atoms. The van der Waals surface area contributed by atoms with Crippen molar-refractivity contribution in [1.29, 1.82) is 0 Å². The minimum atomic E-state index is -0.834. The molecular weight excluding hydrogens is 321 g/mol. The van der Waals surface area contributed by atoms with Crippen molar-refractivity contribution in [2.75, 3.05) is 6.54 Å². The molecule has 4 nitrogen and oxygen atoms in total. The van der Waals surface area contributed by atoms with Gasteiger partial charge in [0.2, 0.25) is 0 Å². The van der Waals surface area contributed by atoms with E-state index in [-0.39, 0.29) is 18.4 Å². The molecule has 0 saturated carbocycles. The molecule has 1 saturated heterocycles. The summed E-state index contributed by atoms with van der Waals surface area (Å²) in [6.45, 7) is 0.646. The molecular formula is C13H15Cl2NO3S. The zero-order chi connectivity index (χ0) is 14.7. The Balaban J connectivity index is 2.12. The zero-order valence-electron chi connectivity index (χ0n) is 10.8. The Hall–Kier alpha value is -0.780. The number of amides is 1. The molecule has 1 aliphatic rings. The van der Waals surface area contributed by atoms with Gasteiger partial charge in [0.15, 0.2) is 0 Å². The minimum absolute atomic E-state index is 0.0258. The summed E-state index contributed by atoms with van der Waals surface area (Å²) in [5.74, 6) is -0.979. The van der Waals surface area contributed by atoms with Crippen LogP contribution in [0.25, 0.3) is 0 Å². The molecule has 1 aliphatic heterocycles. The van der Waals surface area contributed by atoms with Gasteiger partial charge in [-0.2, -0.15) is 0 Å². The number of carboxylic acids is 1. The van der Waals surface area contributed by atoms with E-state index in [1.54, 1.807) is 11.0 Å². The molecule has 20 heavy (non-hydrogen) atoms. The summed E-state index contributed by atoms with van der Waals surface area (Å²) in [4.78, 5) is 25.0. The largest absolute Gasteiger partial charge is 0.481 e. The number of thiophene rings is 1. The molecule has 1 N–H and O–H groups in total. The molecule has 0 aliphatic carbocycles. The predicted molar refractivity (Wildman–Crippen MR) is 79.9 cm³/mol. The number of nitrogens with zero attached hydrogens (tertiary/aromatic N) is 1. The van der Waals surface area contributed by atoms with Crippen LogP contribution in [0.2, 0.25) is 8.67 Å². The second-order valence-corrected chi connectivity index (χ2v) is 7.10. The summed E-state index contributed by atoms with van der Waals surface area (Å²) in [6, 6.07) is 1.56. The lowest BCUT2D eigenvalue weighted by Gasteiger charge is -2.35. The van der Waals surface area contributed by atoms with Gasteiger partial charge in [-0.25, -0.2) is 0 Å². The average molecular weight is 336 g/mol. The van der Waals surface area contributed by atoms with E-state index >= 15 is 0 Å². The molecule has 2 rings (SSSR count). The number of hydrogen-bond acceptors (Lipinski definition) is 3. The fourth-order valence-electron chi connectivity index (χ4n) is 2.50. The molecule has 2 heterocycles. The van der Waals surface area contributed by atoms with Crippen molar-refractivity contribution >= 4 is 46.4 Å². The summed E-state index contributed by atoms with van der Waals surface area (Å²) in [5.41, 5.74) is 0.420. The minimum Gasteiger partial charge on any atom is -0.481 e. The Kier molecular flexibility index (Phi) is 5.29. The monoisotopic (exact) mass is 335 g/mol. The van der Waals surface area contributed by atoms with Crippen molar-refractivity contribution in [2.45, 2.75) is 38.1 Å². The number of aliphatic carboxylic acids is 1. The smallest absolute Gasteiger partial charge is 0.303 e. The zero-order valence-corrected chi connectivity index (χ0v) is 13.1. The van der Waals surface area contributed by atoms with Crippen LogP contribution in [0.15, 0.2) is 6.07 Å². The second kappa shape index (κ2) is 6.78. The molecule has 1 amide bonds. The Morgan fingerprint density at radius 3 is 2.75 bits per heavy atom. The van der Waals surface area contributed by atoms with Crippen LogP contribution in [0.4, 0.5) is 0 Å². The second-order valence-electron chi connectivity index (χ2n) is 4.82. The standard InChI is InChI=1S/C13H15Cl2NO3S/c14-10-7-9(12(15)20-10)13(19)16-6-2-1-3-8(16)4-5-11(17)18/h7-8H,1-6H2,(H,17,18). The van der Waals surface area contributed by atoms with E-state index in [2.05, 4.69) is 0 Å². The van der Waals surface area contributed by atoms with E-state index in [1.807, 2.05) is 0 Å². The van der Waals surface area contributed by atoms with Gasteiger partial charge in [-0.15, -0.1) is 11.3 Å². The summed E-state index contributed by atoms with van der Waals surface area (Å²) in [7, 11) is 0. The lowest BCUT2D eigenvalue weighted by molar-refractivity contribution is -0.137. The van der Waals surface area contributed by atoms with Crippen LogP contribution < -0.4 is 0 Å². The fraction of sp³-hybridized carbons (Fsp3) is 0.538. The van der Waals surface area contributed by atoms with Crippen LogP contribution in [0.5, 0.6) is 0 Å². The van der Waals surface area contributed by atoms with Gasteiger partial charge in [0.05, 0.1) is 9.90 Å². The molecule has 1 atom stereocenters. The van der Waals surface area contributed by atoms with Crippen molar-refractivity contribution in [3.63, 3.8) is 0 Å². The van der Waals surface area contributed by atoms with Crippen molar-refractivity contribution < 1.29 is 14.7 Å². The fourth-order valence-corrected chi connectivity index (χ4v) is 3.95. The maximum Gasteiger partial charge on any atom is 0.303 e. The number of likely N-dealkylation sites (tertiary alicyclic amines) is 1. The quantitative estimate of drug-likeness (QED) is 0.907. The first-order valence-electron chi connectivity index (χ1n) is 6.46. The van der Waals surface area contributed by atoms with E-state index < -0.39 is 5.97 Å². The molecule has 0 spiro atoms. The first kappa shape index (κ1) is 15.6. The van der Waals surface area contributed by atoms with Crippen LogP contribution in [0.1, 0.15) is 42.5 Å². The highest BCUT2D eigenvalue weighted by Gasteiger charge is 2.29. The Morgan fingerprint density at radius 1 is 1.40 bits per heavy atom. The Morgan fingerprint density at radius 2 is 2.15 bits per heavy atom. The lowest BCUT2D eigenvalue weighted by Crippen LogP contribution is -2.43. The van der Waals surface area contributed by atoms with Crippen molar-refractivity contribution in [2.24, 2.45) is 0 Å². The van der Waals surface area contributed by atoms with Crippen LogP contribution >= 0.6 is 34.5 Å². The third kappa shape index (κ3) is 3.65. The number of piperidine rings is 1. The highest BCUT2D eigenvalue weighted by Crippen LogP contribution is 2.33. The maximum absolute atomic E-state index is 12.5. The summed E-state index contributed by atoms with van der Waals surface area (Å²) >= 11 is 13.1. The molecule has 110 valence electrons. The number of carbonyl (C=O) groups excluding carboxylic acids is 1. The number of hydrogen-bond donors (Lipinski definition) is 1.